The number of carbonyl (C=O) groups is 3. The first-order chi connectivity index (χ1) is 18.6. The number of amides is 3. The Balaban J connectivity index is 1.52. The van der Waals surface area contributed by atoms with E-state index in [9.17, 15) is 14.4 Å². The van der Waals surface area contributed by atoms with E-state index in [1.54, 1.807) is 12.1 Å². The molecule has 2 N–H and O–H groups in total. The molecule has 0 aliphatic carbocycles. The molecule has 38 heavy (non-hydrogen) atoms. The molecule has 0 radical (unpaired) electrons. The summed E-state index contributed by atoms with van der Waals surface area (Å²) in [5.74, 6) is -1.03. The van der Waals surface area contributed by atoms with Crippen LogP contribution in [0.15, 0.2) is 90.3 Å². The van der Waals surface area contributed by atoms with Crippen LogP contribution in [0.3, 0.4) is 0 Å². The number of thiophene rings is 1. The van der Waals surface area contributed by atoms with Crippen LogP contribution in [0.2, 0.25) is 0 Å². The summed E-state index contributed by atoms with van der Waals surface area (Å²) in [5, 5.41) is 9.34. The Morgan fingerprint density at radius 2 is 1.71 bits per heavy atom. The van der Waals surface area contributed by atoms with Crippen molar-refractivity contribution in [2.24, 2.45) is 0 Å². The molecule has 1 aromatic heterocycles. The number of carbonyl (C=O) groups excluding carboxylic acids is 3. The van der Waals surface area contributed by atoms with E-state index in [0.29, 0.717) is 29.3 Å². The van der Waals surface area contributed by atoms with Gasteiger partial charge >= 0.3 is 0 Å². The molecular weight excluding hydrogens is 498 g/mol. The number of benzene rings is 3. The number of nitrogens with one attached hydrogen (secondary N) is 2. The lowest BCUT2D eigenvalue weighted by molar-refractivity contribution is -0.126. The zero-order valence-corrected chi connectivity index (χ0v) is 21.7. The Kier molecular flexibility index (Phi) is 8.11. The van der Waals surface area contributed by atoms with Crippen molar-refractivity contribution in [1.29, 1.82) is 0 Å². The summed E-state index contributed by atoms with van der Waals surface area (Å²) in [5.41, 5.74) is 1.27. The van der Waals surface area contributed by atoms with Crippen molar-refractivity contribution in [3.63, 3.8) is 0 Å². The number of hydrogen-bond acceptors (Lipinski definition) is 5. The second kappa shape index (κ2) is 12.0. The summed E-state index contributed by atoms with van der Waals surface area (Å²) >= 11 is 1.30. The van der Waals surface area contributed by atoms with Gasteiger partial charge in [-0.2, -0.15) is 0 Å². The van der Waals surface area contributed by atoms with Gasteiger partial charge in [-0.25, -0.2) is 0 Å². The monoisotopic (exact) mass is 527 g/mol. The first-order valence-electron chi connectivity index (χ1n) is 12.7. The van der Waals surface area contributed by atoms with Crippen LogP contribution in [0, 0.1) is 0 Å². The predicted molar refractivity (Wildman–Crippen MR) is 149 cm³/mol. The maximum Gasteiger partial charge on any atom is 0.261 e. The van der Waals surface area contributed by atoms with Crippen molar-refractivity contribution in [3.05, 3.63) is 101 Å². The van der Waals surface area contributed by atoms with Gasteiger partial charge in [-0.05, 0) is 41.3 Å². The van der Waals surface area contributed by atoms with E-state index in [1.807, 2.05) is 78.2 Å². The topological polar surface area (TPSA) is 87.7 Å². The van der Waals surface area contributed by atoms with E-state index in [-0.39, 0.29) is 24.5 Å². The number of ether oxygens (including phenoxy) is 1. The molecule has 5 rings (SSSR count). The van der Waals surface area contributed by atoms with Crippen molar-refractivity contribution in [3.8, 4) is 0 Å². The van der Waals surface area contributed by atoms with Gasteiger partial charge in [0.25, 0.3) is 5.91 Å². The Bertz CT molecular complexity index is 1400. The molecule has 7 nitrogen and oxygen atoms in total. The Labute approximate surface area is 225 Å². The van der Waals surface area contributed by atoms with Gasteiger partial charge in [-0.1, -0.05) is 72.8 Å². The number of fused-ring (bicyclic) bond motifs is 1. The highest BCUT2D eigenvalue weighted by atomic mass is 32.1. The van der Waals surface area contributed by atoms with E-state index in [4.69, 9.17) is 4.74 Å². The van der Waals surface area contributed by atoms with Gasteiger partial charge < -0.3 is 15.4 Å². The average Bonchev–Trinajstić information content (AvgIpc) is 3.68. The summed E-state index contributed by atoms with van der Waals surface area (Å²) in [7, 11) is 0. The van der Waals surface area contributed by atoms with E-state index < -0.39 is 11.9 Å². The van der Waals surface area contributed by atoms with Crippen molar-refractivity contribution in [1.82, 2.24) is 10.6 Å². The third kappa shape index (κ3) is 5.77. The van der Waals surface area contributed by atoms with E-state index in [0.717, 1.165) is 23.6 Å². The molecule has 1 aliphatic rings. The summed E-state index contributed by atoms with van der Waals surface area (Å²) in [6.45, 7) is 0.796. The summed E-state index contributed by atoms with van der Waals surface area (Å²) in [4.78, 5) is 42.5. The van der Waals surface area contributed by atoms with Crippen LogP contribution in [0.25, 0.3) is 10.8 Å². The van der Waals surface area contributed by atoms with Gasteiger partial charge in [-0.3, -0.25) is 19.3 Å². The summed E-state index contributed by atoms with van der Waals surface area (Å²) < 4.78 is 5.70. The SMILES string of the molecule is O=C(NCC(=O)N(c1cccc2ccccc12)[C@@H](C(=O)NC[C@@H]1CCCO1)c1ccccc1)c1cccs1. The standard InChI is InChI=1S/C30H29N3O4S/c34-27(20-32-29(35)26-16-8-18-38-26)33(25-15-6-12-21-9-4-5-14-24(21)25)28(22-10-2-1-3-11-22)30(36)31-19-23-13-7-17-37-23/h1-6,8-12,14-16,18,23,28H,7,13,17,19-20H2,(H,31,36)(H,32,35)/t23-,28+/m0/s1. The van der Waals surface area contributed by atoms with E-state index >= 15 is 0 Å². The molecule has 0 bridgehead atoms. The third-order valence-corrected chi connectivity index (χ3v) is 7.46. The predicted octanol–water partition coefficient (Wildman–Crippen LogP) is 4.70. The fraction of sp³-hybridized carbons (Fsp3) is 0.233. The first kappa shape index (κ1) is 25.6. The Hall–Kier alpha value is -4.01. The summed E-state index contributed by atoms with van der Waals surface area (Å²) in [6.07, 6.45) is 1.81. The van der Waals surface area contributed by atoms with Crippen LogP contribution >= 0.6 is 11.3 Å². The van der Waals surface area contributed by atoms with Crippen molar-refractivity contribution >= 4 is 45.5 Å². The van der Waals surface area contributed by atoms with Crippen molar-refractivity contribution in [2.75, 3.05) is 24.6 Å². The molecule has 0 unspecified atom stereocenters. The molecule has 0 saturated carbocycles. The highest BCUT2D eigenvalue weighted by Gasteiger charge is 2.34. The minimum absolute atomic E-state index is 0.0397. The van der Waals surface area contributed by atoms with Crippen LogP contribution in [0.1, 0.15) is 34.1 Å². The molecule has 2 atom stereocenters. The minimum Gasteiger partial charge on any atom is -0.376 e. The van der Waals surface area contributed by atoms with Crippen molar-refractivity contribution in [2.45, 2.75) is 25.0 Å². The van der Waals surface area contributed by atoms with Gasteiger partial charge in [0.05, 0.1) is 23.2 Å². The zero-order valence-electron chi connectivity index (χ0n) is 20.8. The van der Waals surface area contributed by atoms with Crippen LogP contribution < -0.4 is 15.5 Å². The highest BCUT2D eigenvalue weighted by molar-refractivity contribution is 7.12. The maximum absolute atomic E-state index is 14.0. The molecule has 4 aromatic rings. The van der Waals surface area contributed by atoms with Crippen LogP contribution in [-0.4, -0.2) is 43.5 Å². The van der Waals surface area contributed by atoms with Gasteiger partial charge in [0.2, 0.25) is 11.8 Å². The minimum atomic E-state index is -0.949. The Morgan fingerprint density at radius 1 is 0.921 bits per heavy atom. The fourth-order valence-electron chi connectivity index (χ4n) is 4.74. The van der Waals surface area contributed by atoms with Crippen LogP contribution in [0.5, 0.6) is 0 Å². The third-order valence-electron chi connectivity index (χ3n) is 6.59. The molecule has 2 heterocycles. The highest BCUT2D eigenvalue weighted by Crippen LogP contribution is 2.34. The van der Waals surface area contributed by atoms with Crippen LogP contribution in [-0.2, 0) is 14.3 Å². The largest absolute Gasteiger partial charge is 0.376 e. The lowest BCUT2D eigenvalue weighted by Crippen LogP contribution is -2.48. The number of anilines is 1. The van der Waals surface area contributed by atoms with Gasteiger partial charge in [0.1, 0.15) is 6.04 Å². The van der Waals surface area contributed by atoms with Gasteiger partial charge in [0.15, 0.2) is 0 Å². The molecule has 3 amide bonds. The average molecular weight is 528 g/mol. The first-order valence-corrected chi connectivity index (χ1v) is 13.6. The maximum atomic E-state index is 14.0. The molecule has 194 valence electrons. The summed E-state index contributed by atoms with van der Waals surface area (Å²) in [6, 6.07) is 25.2. The lowest BCUT2D eigenvalue weighted by Gasteiger charge is -2.32. The molecular formula is C30H29N3O4S. The molecule has 1 aliphatic heterocycles. The smallest absolute Gasteiger partial charge is 0.261 e. The molecule has 0 spiro atoms. The molecule has 1 saturated heterocycles. The second-order valence-corrected chi connectivity index (χ2v) is 10.1. The zero-order chi connectivity index (χ0) is 26.3. The fourth-order valence-corrected chi connectivity index (χ4v) is 5.38. The second-order valence-electron chi connectivity index (χ2n) is 9.12. The normalized spacial score (nSPS) is 15.6. The number of nitrogens with zero attached hydrogens (tertiary/aromatic N) is 1. The molecule has 3 aromatic carbocycles. The van der Waals surface area contributed by atoms with E-state index in [1.165, 1.54) is 16.2 Å². The lowest BCUT2D eigenvalue weighted by atomic mass is 10.0. The van der Waals surface area contributed by atoms with Crippen LogP contribution in [0.4, 0.5) is 5.69 Å². The molecule has 8 heteroatoms. The van der Waals surface area contributed by atoms with Gasteiger partial charge in [-0.15, -0.1) is 11.3 Å². The van der Waals surface area contributed by atoms with E-state index in [2.05, 4.69) is 10.6 Å². The quantitative estimate of drug-likeness (QED) is 0.330. The van der Waals surface area contributed by atoms with Crippen molar-refractivity contribution < 1.29 is 19.1 Å². The number of hydrogen-bond donors (Lipinski definition) is 2. The van der Waals surface area contributed by atoms with Gasteiger partial charge in [0, 0.05) is 18.5 Å². The number of rotatable bonds is 9. The molecule has 1 fully saturated rings. The Morgan fingerprint density at radius 3 is 2.47 bits per heavy atom.